The minimum atomic E-state index is -0.128. The van der Waals surface area contributed by atoms with E-state index in [2.05, 4.69) is 4.98 Å². The van der Waals surface area contributed by atoms with Crippen LogP contribution < -0.4 is 14.4 Å². The van der Waals surface area contributed by atoms with E-state index >= 15 is 0 Å². The highest BCUT2D eigenvalue weighted by Gasteiger charge is 2.23. The molecule has 4 rings (SSSR count). The fraction of sp³-hybridized carbons (Fsp3) is 0.300. The van der Waals surface area contributed by atoms with E-state index in [1.165, 1.54) is 0 Å². The Morgan fingerprint density at radius 3 is 2.96 bits per heavy atom. The molecule has 0 radical (unpaired) electrons. The highest BCUT2D eigenvalue weighted by molar-refractivity contribution is 6.03. The second-order valence-corrected chi connectivity index (χ2v) is 6.22. The van der Waals surface area contributed by atoms with Crippen LogP contribution in [0.3, 0.4) is 0 Å². The maximum absolute atomic E-state index is 12.8. The maximum Gasteiger partial charge on any atom is 0.252 e. The van der Waals surface area contributed by atoms with Crippen LogP contribution in [0.2, 0.25) is 0 Å². The Morgan fingerprint density at radius 2 is 2.15 bits per heavy atom. The van der Waals surface area contributed by atoms with Gasteiger partial charge in [-0.3, -0.25) is 9.69 Å². The zero-order valence-corrected chi connectivity index (χ0v) is 14.3. The molecular weight excluding hydrogens is 332 g/mol. The lowest BCUT2D eigenvalue weighted by Gasteiger charge is -2.23. The number of hydrogen-bond donors (Lipinski definition) is 0. The average Bonchev–Trinajstić information content (AvgIpc) is 3.36. The van der Waals surface area contributed by atoms with Gasteiger partial charge in [0.05, 0.1) is 12.6 Å². The number of rotatable bonds is 5. The van der Waals surface area contributed by atoms with Crippen molar-refractivity contribution in [2.24, 2.45) is 0 Å². The zero-order chi connectivity index (χ0) is 17.8. The van der Waals surface area contributed by atoms with Gasteiger partial charge in [0.2, 0.25) is 6.79 Å². The molecule has 2 aliphatic rings. The molecule has 3 heterocycles. The topological polar surface area (TPSA) is 60.9 Å². The van der Waals surface area contributed by atoms with Crippen molar-refractivity contribution in [3.8, 4) is 11.5 Å². The summed E-state index contributed by atoms with van der Waals surface area (Å²) < 4.78 is 16.4. The summed E-state index contributed by atoms with van der Waals surface area (Å²) in [6.07, 6.45) is 7.06. The van der Waals surface area contributed by atoms with Crippen molar-refractivity contribution in [2.75, 3.05) is 24.8 Å². The van der Waals surface area contributed by atoms with Crippen molar-refractivity contribution < 1.29 is 19.0 Å². The SMILES string of the molecule is O=C(/C=C/c1ccc2c(c1)OCO2)N(CC1CCCO1)c1ccccn1. The van der Waals surface area contributed by atoms with Crippen LogP contribution in [0.4, 0.5) is 5.82 Å². The largest absolute Gasteiger partial charge is 0.454 e. The fourth-order valence-electron chi connectivity index (χ4n) is 3.08. The Hall–Kier alpha value is -2.86. The van der Waals surface area contributed by atoms with Crippen molar-refractivity contribution in [2.45, 2.75) is 18.9 Å². The first-order chi connectivity index (χ1) is 12.8. The van der Waals surface area contributed by atoms with E-state index in [9.17, 15) is 4.79 Å². The lowest BCUT2D eigenvalue weighted by molar-refractivity contribution is -0.114. The fourth-order valence-corrected chi connectivity index (χ4v) is 3.08. The number of fused-ring (bicyclic) bond motifs is 1. The van der Waals surface area contributed by atoms with Gasteiger partial charge >= 0.3 is 0 Å². The lowest BCUT2D eigenvalue weighted by atomic mass is 10.2. The molecule has 134 valence electrons. The van der Waals surface area contributed by atoms with E-state index < -0.39 is 0 Å². The van der Waals surface area contributed by atoms with E-state index in [0.717, 1.165) is 30.8 Å². The van der Waals surface area contributed by atoms with Crippen molar-refractivity contribution in [3.05, 3.63) is 54.2 Å². The third kappa shape index (κ3) is 3.70. The monoisotopic (exact) mass is 352 g/mol. The second kappa shape index (κ2) is 7.58. The van der Waals surface area contributed by atoms with Gasteiger partial charge < -0.3 is 14.2 Å². The standard InChI is InChI=1S/C20H20N2O4/c23-20(9-7-15-6-8-17-18(12-15)26-14-25-17)22(13-16-4-3-11-24-16)19-5-1-2-10-21-19/h1-2,5-10,12,16H,3-4,11,13-14H2/b9-7+. The third-order valence-corrected chi connectivity index (χ3v) is 4.42. The molecule has 0 N–H and O–H groups in total. The molecule has 0 bridgehead atoms. The molecule has 1 fully saturated rings. The summed E-state index contributed by atoms with van der Waals surface area (Å²) in [6.45, 7) is 1.49. The second-order valence-electron chi connectivity index (χ2n) is 6.22. The third-order valence-electron chi connectivity index (χ3n) is 4.42. The van der Waals surface area contributed by atoms with E-state index in [4.69, 9.17) is 14.2 Å². The molecule has 0 aliphatic carbocycles. The number of aromatic nitrogens is 1. The van der Waals surface area contributed by atoms with E-state index in [0.29, 0.717) is 18.1 Å². The number of benzene rings is 1. The Morgan fingerprint density at radius 1 is 1.23 bits per heavy atom. The normalized spacial score (nSPS) is 18.4. The average molecular weight is 352 g/mol. The molecule has 1 saturated heterocycles. The van der Waals surface area contributed by atoms with Crippen molar-refractivity contribution in [1.82, 2.24) is 4.98 Å². The van der Waals surface area contributed by atoms with Crippen molar-refractivity contribution in [3.63, 3.8) is 0 Å². The molecule has 26 heavy (non-hydrogen) atoms. The minimum absolute atomic E-state index is 0.0555. The van der Waals surface area contributed by atoms with Gasteiger partial charge in [-0.05, 0) is 48.7 Å². The van der Waals surface area contributed by atoms with Crippen LogP contribution in [0.15, 0.2) is 48.7 Å². The molecule has 1 atom stereocenters. The molecule has 1 aromatic carbocycles. The van der Waals surface area contributed by atoms with Crippen molar-refractivity contribution >= 4 is 17.8 Å². The van der Waals surface area contributed by atoms with Crippen LogP contribution in [0.25, 0.3) is 6.08 Å². The van der Waals surface area contributed by atoms with Gasteiger partial charge in [0.15, 0.2) is 11.5 Å². The molecule has 6 heteroatoms. The first-order valence-electron chi connectivity index (χ1n) is 8.71. The summed E-state index contributed by atoms with van der Waals surface area (Å²) in [5.74, 6) is 1.92. The van der Waals surface area contributed by atoms with Gasteiger partial charge in [-0.25, -0.2) is 4.98 Å². The summed E-state index contributed by atoms with van der Waals surface area (Å²) in [4.78, 5) is 18.8. The van der Waals surface area contributed by atoms with Crippen LogP contribution in [0.1, 0.15) is 18.4 Å². The van der Waals surface area contributed by atoms with Gasteiger partial charge in [-0.15, -0.1) is 0 Å². The Balaban J connectivity index is 1.51. The molecule has 1 amide bonds. The number of amides is 1. The first kappa shape index (κ1) is 16.6. The van der Waals surface area contributed by atoms with Gasteiger partial charge in [0.1, 0.15) is 5.82 Å². The lowest BCUT2D eigenvalue weighted by Crippen LogP contribution is -2.37. The van der Waals surface area contributed by atoms with Crippen LogP contribution in [-0.2, 0) is 9.53 Å². The Bertz CT molecular complexity index is 801. The maximum atomic E-state index is 12.8. The van der Waals surface area contributed by atoms with Gasteiger partial charge in [-0.1, -0.05) is 12.1 Å². The predicted octanol–water partition coefficient (Wildman–Crippen LogP) is 3.04. The molecule has 1 unspecified atom stereocenters. The number of pyridine rings is 1. The van der Waals surface area contributed by atoms with Gasteiger partial charge in [-0.2, -0.15) is 0 Å². The predicted molar refractivity (Wildman–Crippen MR) is 97.2 cm³/mol. The minimum Gasteiger partial charge on any atom is -0.454 e. The number of carbonyl (C=O) groups excluding carboxylic acids is 1. The summed E-state index contributed by atoms with van der Waals surface area (Å²) in [5, 5.41) is 0. The Labute approximate surface area is 152 Å². The number of ether oxygens (including phenoxy) is 3. The quantitative estimate of drug-likeness (QED) is 0.774. The zero-order valence-electron chi connectivity index (χ0n) is 14.3. The first-order valence-corrected chi connectivity index (χ1v) is 8.71. The summed E-state index contributed by atoms with van der Waals surface area (Å²) in [6, 6.07) is 11.1. The van der Waals surface area contributed by atoms with Gasteiger partial charge in [0, 0.05) is 18.9 Å². The molecule has 0 saturated carbocycles. The van der Waals surface area contributed by atoms with Crippen molar-refractivity contribution in [1.29, 1.82) is 0 Å². The summed E-state index contributed by atoms with van der Waals surface area (Å²) in [5.41, 5.74) is 0.876. The molecule has 1 aromatic heterocycles. The van der Waals surface area contributed by atoms with Gasteiger partial charge in [0.25, 0.3) is 5.91 Å². The number of carbonyl (C=O) groups is 1. The van der Waals surface area contributed by atoms with Crippen LogP contribution in [0.5, 0.6) is 11.5 Å². The molecule has 6 nitrogen and oxygen atoms in total. The molecular formula is C20H20N2O4. The van der Waals surface area contributed by atoms with Crippen LogP contribution >= 0.6 is 0 Å². The van der Waals surface area contributed by atoms with Crippen LogP contribution in [-0.4, -0.2) is 36.9 Å². The molecule has 2 aromatic rings. The van der Waals surface area contributed by atoms with E-state index in [1.54, 1.807) is 23.2 Å². The molecule has 2 aliphatic heterocycles. The smallest absolute Gasteiger partial charge is 0.252 e. The number of anilines is 1. The van der Waals surface area contributed by atoms with Crippen LogP contribution in [0, 0.1) is 0 Å². The Kier molecular flexibility index (Phi) is 4.84. The highest BCUT2D eigenvalue weighted by Crippen LogP contribution is 2.32. The summed E-state index contributed by atoms with van der Waals surface area (Å²) in [7, 11) is 0. The summed E-state index contributed by atoms with van der Waals surface area (Å²) >= 11 is 0. The van der Waals surface area contributed by atoms with E-state index in [-0.39, 0.29) is 18.8 Å². The molecule has 0 spiro atoms. The number of nitrogens with zero attached hydrogens (tertiary/aromatic N) is 2. The van der Waals surface area contributed by atoms with E-state index in [1.807, 2.05) is 36.4 Å². The number of hydrogen-bond acceptors (Lipinski definition) is 5. The highest BCUT2D eigenvalue weighted by atomic mass is 16.7.